The molecule has 0 bridgehead atoms. The monoisotopic (exact) mass is 246 g/mol. The number of aliphatic hydroxyl groups is 1. The predicted molar refractivity (Wildman–Crippen MR) is 69.5 cm³/mol. The van der Waals surface area contributed by atoms with Crippen LogP contribution in [0.15, 0.2) is 41.8 Å². The first-order chi connectivity index (χ1) is 8.16. The minimum absolute atomic E-state index is 0.211. The van der Waals surface area contributed by atoms with E-state index in [0.29, 0.717) is 12.0 Å². The van der Waals surface area contributed by atoms with Crippen LogP contribution in [0.2, 0.25) is 0 Å². The van der Waals surface area contributed by atoms with Gasteiger partial charge in [0.05, 0.1) is 0 Å². The molecule has 0 aliphatic rings. The normalized spacial score (nSPS) is 12.4. The number of ketones is 1. The third-order valence-electron chi connectivity index (χ3n) is 2.54. The Bertz CT molecular complexity index is 502. The van der Waals surface area contributed by atoms with Gasteiger partial charge >= 0.3 is 0 Å². The number of Topliss-reactive ketones (excluding diaryl/α,β-unsaturated/α-hetero) is 1. The van der Waals surface area contributed by atoms with Crippen LogP contribution in [0, 0.1) is 6.92 Å². The van der Waals surface area contributed by atoms with Crippen LogP contribution in [0.4, 0.5) is 0 Å². The van der Waals surface area contributed by atoms with E-state index >= 15 is 0 Å². The van der Waals surface area contributed by atoms with Gasteiger partial charge in [0.15, 0.2) is 5.78 Å². The van der Waals surface area contributed by atoms with Gasteiger partial charge in [-0.2, -0.15) is 0 Å². The van der Waals surface area contributed by atoms with Crippen LogP contribution >= 0.6 is 11.3 Å². The van der Waals surface area contributed by atoms with Gasteiger partial charge in [0.1, 0.15) is 6.10 Å². The minimum atomic E-state index is -0.949. The van der Waals surface area contributed by atoms with Gasteiger partial charge in [0, 0.05) is 16.9 Å². The van der Waals surface area contributed by atoms with E-state index in [1.807, 2.05) is 24.4 Å². The second-order valence-corrected chi connectivity index (χ2v) is 5.04. The lowest BCUT2D eigenvalue weighted by molar-refractivity contribution is 0.0749. The molecule has 2 aromatic rings. The number of hydrogen-bond acceptors (Lipinski definition) is 3. The number of hydrogen-bond donors (Lipinski definition) is 1. The Labute approximate surface area is 105 Å². The molecule has 2 nitrogen and oxygen atoms in total. The molecule has 88 valence electrons. The van der Waals surface area contributed by atoms with E-state index in [-0.39, 0.29) is 5.78 Å². The average molecular weight is 246 g/mol. The maximum absolute atomic E-state index is 11.9. The summed E-state index contributed by atoms with van der Waals surface area (Å²) < 4.78 is 0. The lowest BCUT2D eigenvalue weighted by atomic mass is 10.0. The molecule has 0 radical (unpaired) electrons. The first-order valence-electron chi connectivity index (χ1n) is 5.48. The smallest absolute Gasteiger partial charge is 0.191 e. The van der Waals surface area contributed by atoms with Crippen LogP contribution in [0.3, 0.4) is 0 Å². The van der Waals surface area contributed by atoms with Crippen LogP contribution in [0.25, 0.3) is 0 Å². The molecule has 1 aromatic carbocycles. The van der Waals surface area contributed by atoms with E-state index in [0.717, 1.165) is 4.88 Å². The molecule has 1 aromatic heterocycles. The van der Waals surface area contributed by atoms with E-state index in [1.54, 1.807) is 35.6 Å². The highest BCUT2D eigenvalue weighted by atomic mass is 32.1. The second-order valence-electron chi connectivity index (χ2n) is 4.04. The summed E-state index contributed by atoms with van der Waals surface area (Å²) in [5.41, 5.74) is 1.73. The number of rotatable bonds is 4. The number of benzene rings is 1. The van der Waals surface area contributed by atoms with Crippen molar-refractivity contribution in [2.24, 2.45) is 0 Å². The summed E-state index contributed by atoms with van der Waals surface area (Å²) in [6.07, 6.45) is -0.554. The third-order valence-corrected chi connectivity index (χ3v) is 3.62. The Morgan fingerprint density at radius 2 is 2.06 bits per heavy atom. The highest BCUT2D eigenvalue weighted by molar-refractivity contribution is 7.10. The summed E-state index contributed by atoms with van der Waals surface area (Å²) in [5.74, 6) is -0.211. The first-order valence-corrected chi connectivity index (χ1v) is 6.36. The van der Waals surface area contributed by atoms with Crippen LogP contribution in [0.1, 0.15) is 20.8 Å². The number of thiophene rings is 1. The number of aryl methyl sites for hydroxylation is 1. The SMILES string of the molecule is Cc1csc(CC(O)C(=O)c2ccccc2)c1. The van der Waals surface area contributed by atoms with Crippen molar-refractivity contribution in [3.8, 4) is 0 Å². The van der Waals surface area contributed by atoms with Gasteiger partial charge in [-0.3, -0.25) is 4.79 Å². The van der Waals surface area contributed by atoms with Crippen molar-refractivity contribution in [3.05, 3.63) is 57.8 Å². The Balaban J connectivity index is 2.06. The van der Waals surface area contributed by atoms with Gasteiger partial charge < -0.3 is 5.11 Å². The van der Waals surface area contributed by atoms with E-state index < -0.39 is 6.10 Å². The molecule has 0 aliphatic heterocycles. The molecule has 1 unspecified atom stereocenters. The second kappa shape index (κ2) is 5.25. The Hall–Kier alpha value is -1.45. The molecule has 3 heteroatoms. The molecular weight excluding hydrogens is 232 g/mol. The summed E-state index contributed by atoms with van der Waals surface area (Å²) >= 11 is 1.58. The maximum Gasteiger partial charge on any atom is 0.191 e. The molecule has 1 N–H and O–H groups in total. The van der Waals surface area contributed by atoms with Gasteiger partial charge in [-0.05, 0) is 23.9 Å². The summed E-state index contributed by atoms with van der Waals surface area (Å²) in [6.45, 7) is 2.01. The largest absolute Gasteiger partial charge is 0.385 e. The van der Waals surface area contributed by atoms with Crippen molar-refractivity contribution in [1.29, 1.82) is 0 Å². The Kier molecular flexibility index (Phi) is 3.71. The van der Waals surface area contributed by atoms with Crippen LogP contribution in [-0.2, 0) is 6.42 Å². The summed E-state index contributed by atoms with van der Waals surface area (Å²) in [6, 6.07) is 10.9. The third kappa shape index (κ3) is 3.02. The lowest BCUT2D eigenvalue weighted by Crippen LogP contribution is -2.22. The van der Waals surface area contributed by atoms with E-state index in [1.165, 1.54) is 5.56 Å². The average Bonchev–Trinajstić information content (AvgIpc) is 2.75. The van der Waals surface area contributed by atoms with Gasteiger partial charge in [0.2, 0.25) is 0 Å². The molecule has 1 atom stereocenters. The van der Waals surface area contributed by atoms with E-state index in [9.17, 15) is 9.90 Å². The van der Waals surface area contributed by atoms with E-state index in [4.69, 9.17) is 0 Å². The molecule has 17 heavy (non-hydrogen) atoms. The first kappa shape index (κ1) is 12.0. The van der Waals surface area contributed by atoms with Crippen molar-refractivity contribution in [3.63, 3.8) is 0 Å². The van der Waals surface area contributed by atoms with Gasteiger partial charge in [-0.25, -0.2) is 0 Å². The Morgan fingerprint density at radius 1 is 1.35 bits per heavy atom. The zero-order valence-electron chi connectivity index (χ0n) is 9.59. The highest BCUT2D eigenvalue weighted by Gasteiger charge is 2.17. The van der Waals surface area contributed by atoms with Crippen LogP contribution < -0.4 is 0 Å². The highest BCUT2D eigenvalue weighted by Crippen LogP contribution is 2.17. The fourth-order valence-corrected chi connectivity index (χ4v) is 2.59. The van der Waals surface area contributed by atoms with Gasteiger partial charge in [0.25, 0.3) is 0 Å². The topological polar surface area (TPSA) is 37.3 Å². The molecule has 0 aliphatic carbocycles. The van der Waals surface area contributed by atoms with Gasteiger partial charge in [-0.1, -0.05) is 30.3 Å². The molecule has 0 fully saturated rings. The zero-order chi connectivity index (χ0) is 12.3. The fraction of sp³-hybridized carbons (Fsp3) is 0.214. The quantitative estimate of drug-likeness (QED) is 0.842. The van der Waals surface area contributed by atoms with Crippen molar-refractivity contribution in [2.45, 2.75) is 19.4 Å². The van der Waals surface area contributed by atoms with Crippen LogP contribution in [-0.4, -0.2) is 17.0 Å². The van der Waals surface area contributed by atoms with Crippen molar-refractivity contribution in [2.75, 3.05) is 0 Å². The number of aliphatic hydroxyl groups excluding tert-OH is 1. The van der Waals surface area contributed by atoms with Crippen molar-refractivity contribution >= 4 is 17.1 Å². The summed E-state index contributed by atoms with van der Waals surface area (Å²) in [4.78, 5) is 13.0. The van der Waals surface area contributed by atoms with Gasteiger partial charge in [-0.15, -0.1) is 11.3 Å². The molecule has 0 spiro atoms. The Morgan fingerprint density at radius 3 is 2.65 bits per heavy atom. The summed E-state index contributed by atoms with van der Waals surface area (Å²) in [7, 11) is 0. The maximum atomic E-state index is 11.9. The van der Waals surface area contributed by atoms with Crippen molar-refractivity contribution < 1.29 is 9.90 Å². The summed E-state index contributed by atoms with van der Waals surface area (Å²) in [5, 5.41) is 11.9. The molecule has 2 rings (SSSR count). The molecule has 0 saturated heterocycles. The number of carbonyl (C=O) groups is 1. The molecule has 1 heterocycles. The van der Waals surface area contributed by atoms with Crippen molar-refractivity contribution in [1.82, 2.24) is 0 Å². The molecular formula is C14H14O2S. The zero-order valence-corrected chi connectivity index (χ0v) is 10.4. The number of carbonyl (C=O) groups excluding carboxylic acids is 1. The molecule has 0 amide bonds. The minimum Gasteiger partial charge on any atom is -0.385 e. The van der Waals surface area contributed by atoms with E-state index in [2.05, 4.69) is 0 Å². The van der Waals surface area contributed by atoms with Crippen LogP contribution in [0.5, 0.6) is 0 Å². The lowest BCUT2D eigenvalue weighted by Gasteiger charge is -2.07. The predicted octanol–water partition coefficient (Wildman–Crippen LogP) is 2.84. The standard InChI is InChI=1S/C14H14O2S/c1-10-7-12(17-9-10)8-13(15)14(16)11-5-3-2-4-6-11/h2-7,9,13,15H,8H2,1H3. The fourth-order valence-electron chi connectivity index (χ4n) is 1.68. The molecule has 0 saturated carbocycles.